The Labute approximate surface area is 90.6 Å². The van der Waals surface area contributed by atoms with Gasteiger partial charge >= 0.3 is 0 Å². The van der Waals surface area contributed by atoms with Crippen LogP contribution in [0, 0.1) is 6.92 Å². The molecular weight excluding hydrogens is 194 g/mol. The van der Waals surface area contributed by atoms with Crippen LogP contribution in [0.4, 0.5) is 0 Å². The summed E-state index contributed by atoms with van der Waals surface area (Å²) in [6.07, 6.45) is 2.07. The van der Waals surface area contributed by atoms with Crippen molar-refractivity contribution in [2.45, 2.75) is 26.8 Å². The largest absolute Gasteiger partial charge is 0.324 e. The van der Waals surface area contributed by atoms with Crippen LogP contribution in [0.3, 0.4) is 0 Å². The lowest BCUT2D eigenvalue weighted by Gasteiger charge is -2.06. The first-order valence-corrected chi connectivity index (χ1v) is 5.08. The summed E-state index contributed by atoms with van der Waals surface area (Å²) >= 11 is 6.02. The molecule has 1 aromatic rings. The van der Waals surface area contributed by atoms with Crippen LogP contribution in [0.5, 0.6) is 0 Å². The van der Waals surface area contributed by atoms with E-state index in [1.54, 1.807) is 0 Å². The first-order valence-electron chi connectivity index (χ1n) is 4.70. The van der Waals surface area contributed by atoms with Crippen molar-refractivity contribution < 1.29 is 0 Å². The molecule has 0 saturated heterocycles. The number of benzene rings is 1. The second-order valence-corrected chi connectivity index (χ2v) is 4.09. The van der Waals surface area contributed by atoms with Crippen molar-refractivity contribution in [2.75, 3.05) is 0 Å². The Morgan fingerprint density at radius 2 is 2.14 bits per heavy atom. The van der Waals surface area contributed by atoms with Crippen LogP contribution in [0.25, 0.3) is 6.08 Å². The van der Waals surface area contributed by atoms with Crippen LogP contribution in [0.1, 0.15) is 25.0 Å². The molecule has 1 unspecified atom stereocenters. The van der Waals surface area contributed by atoms with Gasteiger partial charge in [-0.1, -0.05) is 35.4 Å². The second kappa shape index (κ2) is 4.63. The molecule has 0 aliphatic rings. The molecule has 76 valence electrons. The van der Waals surface area contributed by atoms with Gasteiger partial charge in [0, 0.05) is 11.1 Å². The SMILES string of the molecule is C/C(=C\c1ccc(C)c(Cl)c1)C(C)N. The number of hydrogen-bond donors (Lipinski definition) is 1. The van der Waals surface area contributed by atoms with E-state index in [2.05, 4.69) is 6.08 Å². The Balaban J connectivity index is 2.98. The molecule has 0 fully saturated rings. The molecule has 0 aliphatic heterocycles. The minimum Gasteiger partial charge on any atom is -0.324 e. The number of aryl methyl sites for hydroxylation is 1. The van der Waals surface area contributed by atoms with Gasteiger partial charge in [-0.15, -0.1) is 0 Å². The highest BCUT2D eigenvalue weighted by Gasteiger charge is 1.99. The highest BCUT2D eigenvalue weighted by Crippen LogP contribution is 2.18. The van der Waals surface area contributed by atoms with E-state index >= 15 is 0 Å². The Bertz CT molecular complexity index is 353. The first-order chi connectivity index (χ1) is 6.50. The van der Waals surface area contributed by atoms with Crippen LogP contribution in [0.2, 0.25) is 5.02 Å². The average Bonchev–Trinajstić information content (AvgIpc) is 2.11. The lowest BCUT2D eigenvalue weighted by Crippen LogP contribution is -2.15. The monoisotopic (exact) mass is 209 g/mol. The molecule has 0 spiro atoms. The third-order valence-electron chi connectivity index (χ3n) is 2.31. The maximum absolute atomic E-state index is 6.02. The lowest BCUT2D eigenvalue weighted by atomic mass is 10.1. The molecule has 14 heavy (non-hydrogen) atoms. The summed E-state index contributed by atoms with van der Waals surface area (Å²) in [6, 6.07) is 6.12. The Morgan fingerprint density at radius 1 is 1.50 bits per heavy atom. The first kappa shape index (κ1) is 11.3. The van der Waals surface area contributed by atoms with Crippen LogP contribution in [-0.2, 0) is 0 Å². The molecule has 1 atom stereocenters. The fraction of sp³-hybridized carbons (Fsp3) is 0.333. The second-order valence-electron chi connectivity index (χ2n) is 3.69. The van der Waals surface area contributed by atoms with Gasteiger partial charge in [0.2, 0.25) is 0 Å². The zero-order valence-corrected chi connectivity index (χ0v) is 9.60. The van der Waals surface area contributed by atoms with Gasteiger partial charge in [-0.3, -0.25) is 0 Å². The number of halogens is 1. The Morgan fingerprint density at radius 3 is 2.64 bits per heavy atom. The summed E-state index contributed by atoms with van der Waals surface area (Å²) in [5, 5.41) is 0.802. The van der Waals surface area contributed by atoms with E-state index in [-0.39, 0.29) is 6.04 Å². The van der Waals surface area contributed by atoms with Crippen molar-refractivity contribution in [3.05, 3.63) is 39.9 Å². The Hall–Kier alpha value is -0.790. The molecule has 0 radical (unpaired) electrons. The summed E-state index contributed by atoms with van der Waals surface area (Å²) in [7, 11) is 0. The van der Waals surface area contributed by atoms with E-state index in [1.165, 1.54) is 0 Å². The van der Waals surface area contributed by atoms with E-state index in [0.717, 1.165) is 21.7 Å². The van der Waals surface area contributed by atoms with Crippen molar-refractivity contribution >= 4 is 17.7 Å². The van der Waals surface area contributed by atoms with Crippen molar-refractivity contribution in [3.8, 4) is 0 Å². The van der Waals surface area contributed by atoms with Gasteiger partial charge in [0.15, 0.2) is 0 Å². The molecular formula is C12H16ClN. The predicted molar refractivity (Wildman–Crippen MR) is 63.5 cm³/mol. The molecule has 2 N–H and O–H groups in total. The predicted octanol–water partition coefficient (Wildman–Crippen LogP) is 3.40. The third-order valence-corrected chi connectivity index (χ3v) is 2.72. The summed E-state index contributed by atoms with van der Waals surface area (Å²) < 4.78 is 0. The normalized spacial score (nSPS) is 14.2. The summed E-state index contributed by atoms with van der Waals surface area (Å²) in [5.74, 6) is 0. The van der Waals surface area contributed by atoms with E-state index in [9.17, 15) is 0 Å². The topological polar surface area (TPSA) is 26.0 Å². The standard InChI is InChI=1S/C12H16ClN/c1-8-4-5-11(7-12(8)13)6-9(2)10(3)14/h4-7,10H,14H2,1-3H3/b9-6+. The molecule has 1 rings (SSSR count). The summed E-state index contributed by atoms with van der Waals surface area (Å²) in [5.41, 5.74) is 9.11. The molecule has 0 amide bonds. The zero-order valence-electron chi connectivity index (χ0n) is 8.84. The van der Waals surface area contributed by atoms with E-state index < -0.39 is 0 Å². The van der Waals surface area contributed by atoms with Gasteiger partial charge in [0.1, 0.15) is 0 Å². The number of rotatable bonds is 2. The molecule has 0 bridgehead atoms. The van der Waals surface area contributed by atoms with E-state index in [4.69, 9.17) is 17.3 Å². The molecule has 0 aromatic heterocycles. The van der Waals surface area contributed by atoms with Crippen LogP contribution < -0.4 is 5.73 Å². The molecule has 1 aromatic carbocycles. The number of hydrogen-bond acceptors (Lipinski definition) is 1. The maximum atomic E-state index is 6.02. The van der Waals surface area contributed by atoms with E-state index in [0.29, 0.717) is 0 Å². The van der Waals surface area contributed by atoms with Gasteiger partial charge < -0.3 is 5.73 Å². The summed E-state index contributed by atoms with van der Waals surface area (Å²) in [6.45, 7) is 5.99. The molecule has 1 nitrogen and oxygen atoms in total. The lowest BCUT2D eigenvalue weighted by molar-refractivity contribution is 0.868. The highest BCUT2D eigenvalue weighted by molar-refractivity contribution is 6.31. The van der Waals surface area contributed by atoms with Gasteiger partial charge in [-0.05, 0) is 38.0 Å². The Kier molecular flexibility index (Phi) is 3.73. The molecule has 0 saturated carbocycles. The smallest absolute Gasteiger partial charge is 0.0441 e. The fourth-order valence-electron chi connectivity index (χ4n) is 1.09. The van der Waals surface area contributed by atoms with Crippen molar-refractivity contribution in [3.63, 3.8) is 0 Å². The molecule has 0 aliphatic carbocycles. The third kappa shape index (κ3) is 2.86. The van der Waals surface area contributed by atoms with Crippen molar-refractivity contribution in [1.82, 2.24) is 0 Å². The van der Waals surface area contributed by atoms with Gasteiger partial charge in [-0.2, -0.15) is 0 Å². The van der Waals surface area contributed by atoms with Crippen LogP contribution in [0.15, 0.2) is 23.8 Å². The average molecular weight is 210 g/mol. The van der Waals surface area contributed by atoms with Crippen molar-refractivity contribution in [1.29, 1.82) is 0 Å². The molecule has 0 heterocycles. The zero-order chi connectivity index (χ0) is 10.7. The number of nitrogens with two attached hydrogens (primary N) is 1. The quantitative estimate of drug-likeness (QED) is 0.794. The van der Waals surface area contributed by atoms with Gasteiger partial charge in [0.25, 0.3) is 0 Å². The van der Waals surface area contributed by atoms with Crippen LogP contribution >= 0.6 is 11.6 Å². The van der Waals surface area contributed by atoms with Crippen LogP contribution in [-0.4, -0.2) is 6.04 Å². The fourth-order valence-corrected chi connectivity index (χ4v) is 1.28. The van der Waals surface area contributed by atoms with Gasteiger partial charge in [-0.25, -0.2) is 0 Å². The summed E-state index contributed by atoms with van der Waals surface area (Å²) in [4.78, 5) is 0. The highest BCUT2D eigenvalue weighted by atomic mass is 35.5. The van der Waals surface area contributed by atoms with Crippen molar-refractivity contribution in [2.24, 2.45) is 5.73 Å². The minimum absolute atomic E-state index is 0.0927. The maximum Gasteiger partial charge on any atom is 0.0441 e. The minimum atomic E-state index is 0.0927. The van der Waals surface area contributed by atoms with E-state index in [1.807, 2.05) is 39.0 Å². The molecule has 2 heteroatoms. The van der Waals surface area contributed by atoms with Gasteiger partial charge in [0.05, 0.1) is 0 Å².